The Labute approximate surface area is 176 Å². The smallest absolute Gasteiger partial charge is 0.339 e. The number of ether oxygens (including phenoxy) is 1. The number of fused-ring (bicyclic) bond motifs is 1. The van der Waals surface area contributed by atoms with Crippen molar-refractivity contribution in [1.29, 1.82) is 0 Å². The summed E-state index contributed by atoms with van der Waals surface area (Å²) >= 11 is 6.10. The third-order valence-corrected chi connectivity index (χ3v) is 5.25. The molecule has 9 heteroatoms. The maximum absolute atomic E-state index is 14.7. The number of urea groups is 1. The van der Waals surface area contributed by atoms with Gasteiger partial charge in [-0.2, -0.15) is 0 Å². The zero-order chi connectivity index (χ0) is 21.3. The van der Waals surface area contributed by atoms with Gasteiger partial charge >= 0.3 is 12.0 Å². The van der Waals surface area contributed by atoms with Crippen LogP contribution in [0.1, 0.15) is 33.4 Å². The van der Waals surface area contributed by atoms with Gasteiger partial charge in [0.15, 0.2) is 0 Å². The van der Waals surface area contributed by atoms with Crippen molar-refractivity contribution in [2.45, 2.75) is 12.5 Å². The number of amides is 2. The number of hydrogen-bond acceptors (Lipinski definition) is 4. The minimum atomic E-state index is -0.774. The van der Waals surface area contributed by atoms with Crippen LogP contribution in [0.2, 0.25) is 5.02 Å². The number of halogens is 2. The number of methoxy groups -OCH3 is 1. The van der Waals surface area contributed by atoms with Crippen LogP contribution in [0, 0.1) is 5.82 Å². The highest BCUT2D eigenvalue weighted by Crippen LogP contribution is 2.36. The van der Waals surface area contributed by atoms with Gasteiger partial charge in [-0.1, -0.05) is 23.7 Å². The number of nitrogens with zero attached hydrogens (tertiary/aromatic N) is 2. The van der Waals surface area contributed by atoms with Crippen molar-refractivity contribution < 1.29 is 18.7 Å². The number of H-pyrrole nitrogens is 1. The molecule has 0 radical (unpaired) electrons. The number of hydrogen-bond donors (Lipinski definition) is 2. The lowest BCUT2D eigenvalue weighted by Gasteiger charge is -2.35. The molecule has 2 N–H and O–H groups in total. The summed E-state index contributed by atoms with van der Waals surface area (Å²) in [7, 11) is 1.27. The van der Waals surface area contributed by atoms with E-state index in [1.54, 1.807) is 24.3 Å². The Bertz CT molecular complexity index is 1120. The van der Waals surface area contributed by atoms with Crippen LogP contribution in [-0.4, -0.2) is 40.5 Å². The molecule has 2 heterocycles. The second-order valence-electron chi connectivity index (χ2n) is 6.75. The molecular weight excluding hydrogens is 411 g/mol. The first-order valence-electron chi connectivity index (χ1n) is 9.21. The number of aromatic nitrogens is 2. The number of nitrogens with one attached hydrogen (secondary N) is 2. The number of anilines is 1. The summed E-state index contributed by atoms with van der Waals surface area (Å²) < 4.78 is 19.5. The van der Waals surface area contributed by atoms with E-state index >= 15 is 0 Å². The molecule has 154 valence electrons. The van der Waals surface area contributed by atoms with E-state index < -0.39 is 23.9 Å². The van der Waals surface area contributed by atoms with E-state index in [0.29, 0.717) is 29.4 Å². The normalized spacial score (nSPS) is 15.4. The van der Waals surface area contributed by atoms with Crippen LogP contribution in [0.25, 0.3) is 0 Å². The molecule has 0 aliphatic carbocycles. The average Bonchev–Trinajstić information content (AvgIpc) is 3.23. The third kappa shape index (κ3) is 3.61. The Balaban J connectivity index is 1.72. The molecule has 30 heavy (non-hydrogen) atoms. The first-order chi connectivity index (χ1) is 14.5. The fourth-order valence-corrected chi connectivity index (χ4v) is 3.78. The predicted octanol–water partition coefficient (Wildman–Crippen LogP) is 4.17. The lowest BCUT2D eigenvalue weighted by Crippen LogP contribution is -2.43. The zero-order valence-corrected chi connectivity index (χ0v) is 16.7. The highest BCUT2D eigenvalue weighted by Gasteiger charge is 2.36. The number of benzene rings is 2. The number of rotatable bonds is 3. The highest BCUT2D eigenvalue weighted by molar-refractivity contribution is 6.30. The van der Waals surface area contributed by atoms with Crippen LogP contribution in [0.5, 0.6) is 0 Å². The molecule has 3 aromatic rings. The van der Waals surface area contributed by atoms with Crippen LogP contribution < -0.4 is 5.32 Å². The summed E-state index contributed by atoms with van der Waals surface area (Å²) in [4.78, 5) is 34.1. The van der Waals surface area contributed by atoms with Gasteiger partial charge in [0.05, 0.1) is 30.4 Å². The molecule has 0 bridgehead atoms. The third-order valence-electron chi connectivity index (χ3n) is 5.01. The summed E-state index contributed by atoms with van der Waals surface area (Å²) in [6, 6.07) is 9.45. The molecule has 0 spiro atoms. The molecule has 0 saturated heterocycles. The molecule has 2 aromatic carbocycles. The largest absolute Gasteiger partial charge is 0.465 e. The minimum absolute atomic E-state index is 0.219. The van der Waals surface area contributed by atoms with E-state index in [0.717, 1.165) is 5.69 Å². The summed E-state index contributed by atoms with van der Waals surface area (Å²) in [5, 5.41) is 3.10. The van der Waals surface area contributed by atoms with Gasteiger partial charge in [0.2, 0.25) is 0 Å². The molecule has 4 rings (SSSR count). The molecule has 1 aliphatic rings. The van der Waals surface area contributed by atoms with E-state index in [-0.39, 0.29) is 11.1 Å². The molecular formula is C21H18ClFN4O3. The van der Waals surface area contributed by atoms with E-state index in [2.05, 4.69) is 15.3 Å². The molecule has 0 fully saturated rings. The second-order valence-corrected chi connectivity index (χ2v) is 7.18. The number of carbonyl (C=O) groups excluding carboxylic acids is 2. The Morgan fingerprint density at radius 2 is 2.10 bits per heavy atom. The molecule has 1 unspecified atom stereocenters. The van der Waals surface area contributed by atoms with Gasteiger partial charge in [-0.3, -0.25) is 0 Å². The van der Waals surface area contributed by atoms with Crippen LogP contribution >= 0.6 is 11.6 Å². The first kappa shape index (κ1) is 19.9. The number of para-hydroxylation sites is 1. The number of carbonyl (C=O) groups is 2. The van der Waals surface area contributed by atoms with Gasteiger partial charge in [0, 0.05) is 29.2 Å². The van der Waals surface area contributed by atoms with Gasteiger partial charge in [-0.25, -0.2) is 19.0 Å². The minimum Gasteiger partial charge on any atom is -0.465 e. The van der Waals surface area contributed by atoms with Gasteiger partial charge in [-0.05, 0) is 30.3 Å². The molecule has 0 saturated carbocycles. The molecule has 1 atom stereocenters. The fraction of sp³-hybridized carbons (Fsp3) is 0.190. The standard InChI is InChI=1S/C21H18ClFN4O3/c1-30-20(28)13-4-2-3-5-16(13)26-21(29)27-9-8-17-18(25-11-24-17)19(27)14-10-12(22)6-7-15(14)23/h2-7,10-11,19H,8-9H2,1H3,(H,24,25)(H,26,29). The Morgan fingerprint density at radius 3 is 2.90 bits per heavy atom. The van der Waals surface area contributed by atoms with Crippen LogP contribution in [-0.2, 0) is 11.2 Å². The summed E-state index contributed by atoms with van der Waals surface area (Å²) in [6.45, 7) is 0.317. The Morgan fingerprint density at radius 1 is 1.30 bits per heavy atom. The predicted molar refractivity (Wildman–Crippen MR) is 109 cm³/mol. The van der Waals surface area contributed by atoms with Crippen molar-refractivity contribution in [3.05, 3.63) is 82.1 Å². The fourth-order valence-electron chi connectivity index (χ4n) is 3.60. The zero-order valence-electron chi connectivity index (χ0n) is 16.0. The topological polar surface area (TPSA) is 87.3 Å². The van der Waals surface area contributed by atoms with Crippen molar-refractivity contribution in [3.8, 4) is 0 Å². The molecule has 2 amide bonds. The Hall–Kier alpha value is -3.39. The quantitative estimate of drug-likeness (QED) is 0.613. The van der Waals surface area contributed by atoms with Crippen molar-refractivity contribution >= 4 is 29.3 Å². The summed E-state index contributed by atoms with van der Waals surface area (Å²) in [5.41, 5.74) is 2.15. The summed E-state index contributed by atoms with van der Waals surface area (Å²) in [5.74, 6) is -1.07. The van der Waals surface area contributed by atoms with Gasteiger partial charge < -0.3 is 19.9 Å². The maximum atomic E-state index is 14.7. The van der Waals surface area contributed by atoms with E-state index in [9.17, 15) is 14.0 Å². The van der Waals surface area contributed by atoms with Crippen molar-refractivity contribution in [2.24, 2.45) is 0 Å². The van der Waals surface area contributed by atoms with Gasteiger partial charge in [-0.15, -0.1) is 0 Å². The van der Waals surface area contributed by atoms with E-state index in [4.69, 9.17) is 16.3 Å². The lowest BCUT2D eigenvalue weighted by molar-refractivity contribution is 0.0602. The van der Waals surface area contributed by atoms with Gasteiger partial charge in [0.25, 0.3) is 0 Å². The van der Waals surface area contributed by atoms with Crippen molar-refractivity contribution in [3.63, 3.8) is 0 Å². The molecule has 1 aliphatic heterocycles. The van der Waals surface area contributed by atoms with Gasteiger partial charge in [0.1, 0.15) is 11.9 Å². The number of aromatic amines is 1. The van der Waals surface area contributed by atoms with Crippen LogP contribution in [0.15, 0.2) is 48.8 Å². The Kier molecular flexibility index (Phi) is 5.41. The van der Waals surface area contributed by atoms with E-state index in [1.807, 2.05) is 0 Å². The lowest BCUT2D eigenvalue weighted by atomic mass is 9.95. The highest BCUT2D eigenvalue weighted by atomic mass is 35.5. The second kappa shape index (κ2) is 8.16. The molecule has 7 nitrogen and oxygen atoms in total. The molecule has 1 aromatic heterocycles. The maximum Gasteiger partial charge on any atom is 0.339 e. The van der Waals surface area contributed by atoms with E-state index in [1.165, 1.54) is 36.5 Å². The first-order valence-corrected chi connectivity index (χ1v) is 9.59. The number of esters is 1. The van der Waals surface area contributed by atoms with Crippen LogP contribution in [0.4, 0.5) is 14.9 Å². The number of imidazole rings is 1. The van der Waals surface area contributed by atoms with Crippen molar-refractivity contribution in [1.82, 2.24) is 14.9 Å². The summed E-state index contributed by atoms with van der Waals surface area (Å²) in [6.07, 6.45) is 2.05. The van der Waals surface area contributed by atoms with Crippen molar-refractivity contribution in [2.75, 3.05) is 19.0 Å². The SMILES string of the molecule is COC(=O)c1ccccc1NC(=O)N1CCc2[nH]cnc2C1c1cc(Cl)ccc1F. The van der Waals surface area contributed by atoms with Crippen LogP contribution in [0.3, 0.4) is 0 Å². The monoisotopic (exact) mass is 428 g/mol. The average molecular weight is 429 g/mol.